The quantitative estimate of drug-likeness (QED) is 0.460. The minimum absolute atomic E-state index is 0.257. The van der Waals surface area contributed by atoms with Gasteiger partial charge in [-0.05, 0) is 56.5 Å². The highest BCUT2D eigenvalue weighted by Crippen LogP contribution is 2.31. The molecule has 0 aliphatic carbocycles. The molecular weight excluding hydrogens is 397 g/mol. The SMILES string of the molecule is CCCCc1ccc(S(=O)(=O)N=[P+](c2ccccc2C)c2ccccc2C)cc1. The Morgan fingerprint density at radius 3 is 1.79 bits per heavy atom. The second-order valence-electron chi connectivity index (χ2n) is 7.19. The van der Waals surface area contributed by atoms with Crippen LogP contribution in [0.5, 0.6) is 0 Å². The van der Waals surface area contributed by atoms with E-state index >= 15 is 0 Å². The molecule has 5 heteroatoms. The van der Waals surface area contributed by atoms with E-state index in [0.717, 1.165) is 46.6 Å². The number of nitrogens with zero attached hydrogens (tertiary/aromatic N) is 1. The molecule has 0 unspecified atom stereocenters. The van der Waals surface area contributed by atoms with E-state index in [-0.39, 0.29) is 4.90 Å². The average Bonchev–Trinajstić information content (AvgIpc) is 2.72. The Bertz CT molecular complexity index is 1070. The molecule has 0 saturated heterocycles. The molecule has 29 heavy (non-hydrogen) atoms. The van der Waals surface area contributed by atoms with Gasteiger partial charge in [-0.2, -0.15) is 8.42 Å². The lowest BCUT2D eigenvalue weighted by Gasteiger charge is -2.03. The monoisotopic (exact) mass is 424 g/mol. The summed E-state index contributed by atoms with van der Waals surface area (Å²) in [5, 5.41) is 1.94. The van der Waals surface area contributed by atoms with Gasteiger partial charge in [0.25, 0.3) is 7.71 Å². The van der Waals surface area contributed by atoms with Crippen LogP contribution in [-0.2, 0) is 16.4 Å². The van der Waals surface area contributed by atoms with E-state index in [9.17, 15) is 8.42 Å². The molecule has 3 rings (SSSR count). The van der Waals surface area contributed by atoms with Crippen LogP contribution in [0.25, 0.3) is 0 Å². The number of unbranched alkanes of at least 4 members (excludes halogenated alkanes) is 1. The van der Waals surface area contributed by atoms with E-state index in [4.69, 9.17) is 0 Å². The van der Waals surface area contributed by atoms with Crippen molar-refractivity contribution in [2.24, 2.45) is 4.15 Å². The van der Waals surface area contributed by atoms with E-state index in [0.29, 0.717) is 0 Å². The Morgan fingerprint density at radius 2 is 1.31 bits per heavy atom. The van der Waals surface area contributed by atoms with Crippen LogP contribution in [0.4, 0.5) is 0 Å². The minimum Gasteiger partial charge on any atom is -0.196 e. The van der Waals surface area contributed by atoms with Gasteiger partial charge in [-0.1, -0.05) is 61.9 Å². The summed E-state index contributed by atoms with van der Waals surface area (Å²) in [6.45, 7) is 6.17. The lowest BCUT2D eigenvalue weighted by Crippen LogP contribution is -2.13. The maximum Gasteiger partial charge on any atom is 0.317 e. The third-order valence-electron chi connectivity index (χ3n) is 4.92. The first-order chi connectivity index (χ1) is 13.9. The zero-order valence-corrected chi connectivity index (χ0v) is 18.9. The molecule has 0 saturated carbocycles. The summed E-state index contributed by atoms with van der Waals surface area (Å²) in [5.41, 5.74) is 3.26. The molecule has 0 aliphatic rings. The van der Waals surface area contributed by atoms with Crippen LogP contribution in [-0.4, -0.2) is 8.42 Å². The summed E-state index contributed by atoms with van der Waals surface area (Å²) in [5.74, 6) is 0. The lowest BCUT2D eigenvalue weighted by molar-refractivity contribution is 0.598. The molecular formula is C24H27NO2PS+. The first-order valence-electron chi connectivity index (χ1n) is 9.90. The molecule has 0 spiro atoms. The molecule has 0 radical (unpaired) electrons. The van der Waals surface area contributed by atoms with Crippen LogP contribution in [0.1, 0.15) is 36.5 Å². The van der Waals surface area contributed by atoms with Crippen molar-refractivity contribution in [2.75, 3.05) is 0 Å². The molecule has 150 valence electrons. The summed E-state index contributed by atoms with van der Waals surface area (Å²) >= 11 is 0. The Balaban J connectivity index is 2.10. The van der Waals surface area contributed by atoms with Crippen LogP contribution in [0.15, 0.2) is 81.8 Å². The summed E-state index contributed by atoms with van der Waals surface area (Å²) < 4.78 is 30.8. The topological polar surface area (TPSA) is 46.5 Å². The molecule has 0 aromatic heterocycles. The van der Waals surface area contributed by atoms with Gasteiger partial charge < -0.3 is 0 Å². The largest absolute Gasteiger partial charge is 0.317 e. The van der Waals surface area contributed by atoms with Crippen molar-refractivity contribution in [3.05, 3.63) is 89.5 Å². The molecule has 0 amide bonds. The highest BCUT2D eigenvalue weighted by molar-refractivity contribution is 7.94. The van der Waals surface area contributed by atoms with Crippen molar-refractivity contribution in [1.82, 2.24) is 0 Å². The van der Waals surface area contributed by atoms with E-state index in [1.807, 2.05) is 74.5 Å². The zero-order valence-electron chi connectivity index (χ0n) is 17.2. The third-order valence-corrected chi connectivity index (χ3v) is 9.21. The van der Waals surface area contributed by atoms with Gasteiger partial charge in [0.05, 0.1) is 4.90 Å². The summed E-state index contributed by atoms with van der Waals surface area (Å²) in [4.78, 5) is 0.257. The van der Waals surface area contributed by atoms with Crippen LogP contribution in [0, 0.1) is 13.8 Å². The normalized spacial score (nSPS) is 11.3. The van der Waals surface area contributed by atoms with Crippen LogP contribution >= 0.6 is 7.71 Å². The van der Waals surface area contributed by atoms with E-state index < -0.39 is 17.7 Å². The van der Waals surface area contributed by atoms with Gasteiger partial charge in [-0.3, -0.25) is 0 Å². The van der Waals surface area contributed by atoms with Crippen molar-refractivity contribution in [2.45, 2.75) is 44.9 Å². The highest BCUT2D eigenvalue weighted by Gasteiger charge is 2.29. The van der Waals surface area contributed by atoms with E-state index in [2.05, 4.69) is 11.1 Å². The van der Waals surface area contributed by atoms with Crippen molar-refractivity contribution >= 4 is 28.3 Å². The standard InChI is InChI=1S/C24H27NO2PS/c1-4-5-12-21-15-17-22(18-16-21)29(26,27)25-28(23-13-8-6-10-19(23)2)24-14-9-7-11-20(24)3/h6-11,13-18H,4-5,12H2,1-3H3/q+1. The number of benzene rings is 3. The predicted octanol–water partition coefficient (Wildman–Crippen LogP) is 5.65. The van der Waals surface area contributed by atoms with Crippen molar-refractivity contribution in [1.29, 1.82) is 0 Å². The fraction of sp³-hybridized carbons (Fsp3) is 0.250. The van der Waals surface area contributed by atoms with Gasteiger partial charge in [0.2, 0.25) is 0 Å². The molecule has 0 heterocycles. The van der Waals surface area contributed by atoms with Crippen LogP contribution < -0.4 is 10.6 Å². The maximum atomic E-state index is 13.2. The number of hydrogen-bond donors (Lipinski definition) is 0. The van der Waals surface area contributed by atoms with Gasteiger partial charge in [0.15, 0.2) is 10.6 Å². The molecule has 3 aromatic carbocycles. The second-order valence-corrected chi connectivity index (χ2v) is 10.9. The molecule has 0 fully saturated rings. The van der Waals surface area contributed by atoms with Gasteiger partial charge >= 0.3 is 10.0 Å². The molecule has 0 atom stereocenters. The lowest BCUT2D eigenvalue weighted by atomic mass is 10.1. The van der Waals surface area contributed by atoms with Crippen LogP contribution in [0.3, 0.4) is 0 Å². The van der Waals surface area contributed by atoms with Gasteiger partial charge in [0, 0.05) is 15.3 Å². The smallest absolute Gasteiger partial charge is 0.196 e. The maximum absolute atomic E-state index is 13.2. The number of hydrogen-bond acceptors (Lipinski definition) is 2. The predicted molar refractivity (Wildman–Crippen MR) is 123 cm³/mol. The first kappa shape index (κ1) is 21.4. The Labute approximate surface area is 175 Å². The number of aryl methyl sites for hydroxylation is 3. The van der Waals surface area contributed by atoms with Gasteiger partial charge in [-0.15, -0.1) is 0 Å². The molecule has 0 N–H and O–H groups in total. The Morgan fingerprint density at radius 1 is 0.793 bits per heavy atom. The zero-order chi connectivity index (χ0) is 20.9. The van der Waals surface area contributed by atoms with E-state index in [1.165, 1.54) is 0 Å². The van der Waals surface area contributed by atoms with Crippen molar-refractivity contribution < 1.29 is 8.42 Å². The Hall–Kier alpha value is -2.29. The average molecular weight is 425 g/mol. The van der Waals surface area contributed by atoms with Gasteiger partial charge in [0.1, 0.15) is 0 Å². The summed E-state index contributed by atoms with van der Waals surface area (Å²) in [7, 11) is -5.16. The molecule has 0 bridgehead atoms. The molecule has 3 aromatic rings. The minimum atomic E-state index is -3.77. The molecule has 0 aliphatic heterocycles. The Kier molecular flexibility index (Phi) is 7.00. The van der Waals surface area contributed by atoms with Crippen LogP contribution in [0.2, 0.25) is 0 Å². The second kappa shape index (κ2) is 9.47. The fourth-order valence-electron chi connectivity index (χ4n) is 3.18. The fourth-order valence-corrected chi connectivity index (χ4v) is 7.14. The highest BCUT2D eigenvalue weighted by atomic mass is 32.2. The summed E-state index contributed by atoms with van der Waals surface area (Å²) in [6, 6.07) is 23.0. The summed E-state index contributed by atoms with van der Waals surface area (Å²) in [6.07, 6.45) is 3.18. The third kappa shape index (κ3) is 5.20. The van der Waals surface area contributed by atoms with Gasteiger partial charge in [-0.25, -0.2) is 0 Å². The first-order valence-corrected chi connectivity index (χ1v) is 12.6. The number of sulfonamides is 1. The number of rotatable bonds is 7. The van der Waals surface area contributed by atoms with E-state index in [1.54, 1.807) is 12.1 Å². The van der Waals surface area contributed by atoms with Crippen molar-refractivity contribution in [3.63, 3.8) is 0 Å². The van der Waals surface area contributed by atoms with Crippen molar-refractivity contribution in [3.8, 4) is 0 Å². The molecule has 3 nitrogen and oxygen atoms in total.